The van der Waals surface area contributed by atoms with Crippen LogP contribution >= 0.6 is 0 Å². The molecule has 170 valence electrons. The van der Waals surface area contributed by atoms with Crippen LogP contribution in [0, 0.1) is 12.8 Å². The molecule has 0 unspecified atom stereocenters. The lowest BCUT2D eigenvalue weighted by Gasteiger charge is -2.19. The van der Waals surface area contributed by atoms with Gasteiger partial charge in [0.05, 0.1) is 12.9 Å². The number of methoxy groups -OCH3 is 1. The highest BCUT2D eigenvalue weighted by Gasteiger charge is 2.25. The summed E-state index contributed by atoms with van der Waals surface area (Å²) in [6, 6.07) is 10.8. The second-order valence-corrected chi connectivity index (χ2v) is 9.14. The zero-order valence-electron chi connectivity index (χ0n) is 20.5. The first-order chi connectivity index (χ1) is 15.4. The van der Waals surface area contributed by atoms with E-state index < -0.39 is 0 Å². The van der Waals surface area contributed by atoms with Crippen LogP contribution in [0.2, 0.25) is 0 Å². The molecule has 0 saturated heterocycles. The highest BCUT2D eigenvalue weighted by atomic mass is 16.5. The van der Waals surface area contributed by atoms with Crippen LogP contribution < -0.4 is 0 Å². The first kappa shape index (κ1) is 24.0. The Labute approximate surface area is 194 Å². The predicted octanol–water partition coefficient (Wildman–Crippen LogP) is 8.11. The van der Waals surface area contributed by atoms with E-state index in [1.165, 1.54) is 53.5 Å². The minimum Gasteiger partial charge on any atom is -0.501 e. The summed E-state index contributed by atoms with van der Waals surface area (Å²) < 4.78 is 5.32. The first-order valence-electron chi connectivity index (χ1n) is 12.1. The lowest BCUT2D eigenvalue weighted by atomic mass is 9.85. The van der Waals surface area contributed by atoms with Crippen molar-refractivity contribution in [1.82, 2.24) is 0 Å². The van der Waals surface area contributed by atoms with Gasteiger partial charge in [-0.25, -0.2) is 0 Å². The summed E-state index contributed by atoms with van der Waals surface area (Å²) in [4.78, 5) is 12.5. The molecule has 0 bridgehead atoms. The van der Waals surface area contributed by atoms with E-state index >= 15 is 0 Å². The summed E-state index contributed by atoms with van der Waals surface area (Å²) in [6.45, 7) is 13.0. The summed E-state index contributed by atoms with van der Waals surface area (Å²) in [7, 11) is 1.68. The SMILES string of the molecule is C=C(/C=C(/C)OC)c1ccc(C)c(-c2c(CCCC(CC)CC)ccc3c2CCC3=O)c1. The molecular formula is C30H38O2. The van der Waals surface area contributed by atoms with Crippen LogP contribution in [-0.2, 0) is 17.6 Å². The van der Waals surface area contributed by atoms with E-state index in [4.69, 9.17) is 4.74 Å². The lowest BCUT2D eigenvalue weighted by Crippen LogP contribution is -2.02. The molecule has 0 heterocycles. The van der Waals surface area contributed by atoms with Crippen molar-refractivity contribution in [3.63, 3.8) is 0 Å². The molecular weight excluding hydrogens is 392 g/mol. The molecule has 3 rings (SSSR count). The molecule has 2 nitrogen and oxygen atoms in total. The summed E-state index contributed by atoms with van der Waals surface area (Å²) in [5.74, 6) is 1.92. The molecule has 1 aliphatic rings. The summed E-state index contributed by atoms with van der Waals surface area (Å²) in [5, 5.41) is 0. The van der Waals surface area contributed by atoms with Crippen molar-refractivity contribution in [3.05, 3.63) is 76.6 Å². The highest BCUT2D eigenvalue weighted by molar-refractivity contribution is 6.03. The smallest absolute Gasteiger partial charge is 0.163 e. The third-order valence-corrected chi connectivity index (χ3v) is 7.09. The Hall–Kier alpha value is -2.61. The average molecular weight is 431 g/mol. The third kappa shape index (κ3) is 5.23. The van der Waals surface area contributed by atoms with Gasteiger partial charge in [-0.05, 0) is 90.1 Å². The van der Waals surface area contributed by atoms with Crippen molar-refractivity contribution in [1.29, 1.82) is 0 Å². The Morgan fingerprint density at radius 3 is 2.56 bits per heavy atom. The maximum Gasteiger partial charge on any atom is 0.163 e. The molecule has 0 spiro atoms. The fourth-order valence-corrected chi connectivity index (χ4v) is 4.89. The summed E-state index contributed by atoms with van der Waals surface area (Å²) >= 11 is 0. The van der Waals surface area contributed by atoms with Crippen LogP contribution in [0.5, 0.6) is 0 Å². The van der Waals surface area contributed by atoms with E-state index in [9.17, 15) is 4.79 Å². The van der Waals surface area contributed by atoms with Crippen molar-refractivity contribution >= 4 is 11.4 Å². The van der Waals surface area contributed by atoms with Crippen LogP contribution in [0.4, 0.5) is 0 Å². The normalized spacial score (nSPS) is 13.6. The van der Waals surface area contributed by atoms with Crippen LogP contribution in [-0.4, -0.2) is 12.9 Å². The first-order valence-corrected chi connectivity index (χ1v) is 12.1. The Bertz CT molecular complexity index is 1020. The Morgan fingerprint density at radius 1 is 1.12 bits per heavy atom. The van der Waals surface area contributed by atoms with Crippen molar-refractivity contribution in [2.45, 2.75) is 72.6 Å². The van der Waals surface area contributed by atoms with Gasteiger partial charge in [-0.15, -0.1) is 0 Å². The van der Waals surface area contributed by atoms with Gasteiger partial charge < -0.3 is 4.74 Å². The number of ether oxygens (including phenoxy) is 1. The van der Waals surface area contributed by atoms with Crippen LogP contribution in [0.3, 0.4) is 0 Å². The van der Waals surface area contributed by atoms with Gasteiger partial charge in [-0.2, -0.15) is 0 Å². The van der Waals surface area contributed by atoms with Crippen LogP contribution in [0.15, 0.2) is 48.7 Å². The number of benzene rings is 2. The molecule has 0 radical (unpaired) electrons. The number of hydrogen-bond acceptors (Lipinski definition) is 2. The molecule has 2 aromatic rings. The fourth-order valence-electron chi connectivity index (χ4n) is 4.89. The van der Waals surface area contributed by atoms with E-state index in [-0.39, 0.29) is 5.78 Å². The minimum absolute atomic E-state index is 0.279. The van der Waals surface area contributed by atoms with Gasteiger partial charge >= 0.3 is 0 Å². The monoisotopic (exact) mass is 430 g/mol. The molecule has 32 heavy (non-hydrogen) atoms. The number of fused-ring (bicyclic) bond motifs is 1. The van der Waals surface area contributed by atoms with E-state index in [1.54, 1.807) is 7.11 Å². The number of carbonyl (C=O) groups is 1. The van der Waals surface area contributed by atoms with E-state index in [2.05, 4.69) is 57.7 Å². The number of rotatable bonds is 10. The van der Waals surface area contributed by atoms with Crippen LogP contribution in [0.25, 0.3) is 16.7 Å². The number of hydrogen-bond donors (Lipinski definition) is 0. The molecule has 0 aliphatic heterocycles. The van der Waals surface area contributed by atoms with Crippen molar-refractivity contribution in [3.8, 4) is 11.1 Å². The standard InChI is InChI=1S/C30H38O2/c1-7-23(8-2)10-9-11-24-14-15-26-27(16-17-29(26)31)30(24)28-19-25(13-12-20(28)3)21(4)18-22(5)32-6/h12-15,18-19,23H,4,7-11,16-17H2,1-3,5-6H3/b22-18-. The topological polar surface area (TPSA) is 26.3 Å². The quantitative estimate of drug-likeness (QED) is 0.281. The molecule has 0 aromatic heterocycles. The molecule has 0 amide bonds. The van der Waals surface area contributed by atoms with Crippen molar-refractivity contribution < 1.29 is 9.53 Å². The highest BCUT2D eigenvalue weighted by Crippen LogP contribution is 2.39. The number of ketones is 1. The largest absolute Gasteiger partial charge is 0.501 e. The number of aryl methyl sites for hydroxylation is 2. The number of Topliss-reactive ketones (excluding diaryl/α,β-unsaturated/α-hetero) is 1. The molecule has 1 aliphatic carbocycles. The summed E-state index contributed by atoms with van der Waals surface area (Å²) in [5.41, 5.74) is 9.32. The van der Waals surface area contributed by atoms with Gasteiger partial charge in [-0.3, -0.25) is 4.79 Å². The van der Waals surface area contributed by atoms with Gasteiger partial charge in [0, 0.05) is 12.0 Å². The molecule has 2 heteroatoms. The van der Waals surface area contributed by atoms with Gasteiger partial charge in [0.25, 0.3) is 0 Å². The van der Waals surface area contributed by atoms with Gasteiger partial charge in [0.15, 0.2) is 5.78 Å². The zero-order valence-corrected chi connectivity index (χ0v) is 20.5. The predicted molar refractivity (Wildman–Crippen MR) is 136 cm³/mol. The van der Waals surface area contributed by atoms with Gasteiger partial charge in [0.1, 0.15) is 0 Å². The van der Waals surface area contributed by atoms with Crippen molar-refractivity contribution in [2.24, 2.45) is 5.92 Å². The van der Waals surface area contributed by atoms with Crippen molar-refractivity contribution in [2.75, 3.05) is 7.11 Å². The Balaban J connectivity index is 2.05. The Kier molecular flexibility index (Phi) is 8.12. The van der Waals surface area contributed by atoms with Gasteiger partial charge in [0.2, 0.25) is 0 Å². The fraction of sp³-hybridized carbons (Fsp3) is 0.433. The Morgan fingerprint density at radius 2 is 1.88 bits per heavy atom. The molecule has 0 saturated carbocycles. The number of carbonyl (C=O) groups excluding carboxylic acids is 1. The van der Waals surface area contributed by atoms with Crippen LogP contribution in [0.1, 0.15) is 85.5 Å². The maximum atomic E-state index is 12.5. The zero-order chi connectivity index (χ0) is 23.3. The van der Waals surface area contributed by atoms with E-state index in [0.29, 0.717) is 6.42 Å². The number of allylic oxidation sites excluding steroid dienone is 3. The summed E-state index contributed by atoms with van der Waals surface area (Å²) in [6.07, 6.45) is 9.45. The maximum absolute atomic E-state index is 12.5. The molecule has 0 N–H and O–H groups in total. The van der Waals surface area contributed by atoms with Gasteiger partial charge in [-0.1, -0.05) is 64.0 Å². The second kappa shape index (κ2) is 10.8. The molecule has 0 fully saturated rings. The lowest BCUT2D eigenvalue weighted by molar-refractivity contribution is 0.0994. The average Bonchev–Trinajstić information content (AvgIpc) is 3.17. The third-order valence-electron chi connectivity index (χ3n) is 7.09. The molecule has 2 aromatic carbocycles. The minimum atomic E-state index is 0.279. The van der Waals surface area contributed by atoms with E-state index in [0.717, 1.165) is 41.2 Å². The van der Waals surface area contributed by atoms with E-state index in [1.807, 2.05) is 13.0 Å². The second-order valence-electron chi connectivity index (χ2n) is 9.14. The molecule has 0 atom stereocenters.